The minimum atomic E-state index is 0.724. The summed E-state index contributed by atoms with van der Waals surface area (Å²) in [5.41, 5.74) is 8.59. The summed E-state index contributed by atoms with van der Waals surface area (Å²) in [4.78, 5) is 0. The minimum Gasteiger partial charge on any atom is -0.493 e. The van der Waals surface area contributed by atoms with Gasteiger partial charge in [-0.3, -0.25) is 0 Å². The molecule has 0 radical (unpaired) electrons. The molecule has 3 heteroatoms. The van der Waals surface area contributed by atoms with Crippen LogP contribution in [0.1, 0.15) is 0 Å². The first-order chi connectivity index (χ1) is 8.24. The molecule has 0 saturated heterocycles. The maximum absolute atomic E-state index is 5.66. The van der Waals surface area contributed by atoms with Crippen LogP contribution in [-0.2, 0) is 0 Å². The lowest BCUT2D eigenvalue weighted by Crippen LogP contribution is -1.91. The summed E-state index contributed by atoms with van der Waals surface area (Å²) in [5.74, 6) is 1.45. The molecule has 2 rings (SSSR count). The number of hydrogen-bond donors (Lipinski definition) is 1. The average Bonchev–Trinajstić information content (AvgIpc) is 2.39. The van der Waals surface area contributed by atoms with Crippen molar-refractivity contribution in [3.63, 3.8) is 0 Å². The Morgan fingerprint density at radius 3 is 1.94 bits per heavy atom. The van der Waals surface area contributed by atoms with Gasteiger partial charge in [0.05, 0.1) is 14.2 Å². The molecule has 3 nitrogen and oxygen atoms in total. The van der Waals surface area contributed by atoms with E-state index >= 15 is 0 Å². The van der Waals surface area contributed by atoms with E-state index in [1.165, 1.54) is 0 Å². The van der Waals surface area contributed by atoms with Crippen LogP contribution >= 0.6 is 0 Å². The second-order valence-electron chi connectivity index (χ2n) is 3.69. The molecule has 2 N–H and O–H groups in total. The Kier molecular flexibility index (Phi) is 3.19. The third-order valence-electron chi connectivity index (χ3n) is 2.63. The maximum Gasteiger partial charge on any atom is 0.161 e. The zero-order valence-electron chi connectivity index (χ0n) is 9.94. The lowest BCUT2D eigenvalue weighted by atomic mass is 10.0. The number of ether oxygens (including phenoxy) is 2. The molecule has 0 fully saturated rings. The van der Waals surface area contributed by atoms with Gasteiger partial charge in [-0.05, 0) is 35.4 Å². The molecule has 0 atom stereocenters. The highest BCUT2D eigenvalue weighted by Crippen LogP contribution is 2.32. The van der Waals surface area contributed by atoms with Crippen molar-refractivity contribution in [2.24, 2.45) is 0 Å². The summed E-state index contributed by atoms with van der Waals surface area (Å²) in [5, 5.41) is 0. The minimum absolute atomic E-state index is 0.724. The van der Waals surface area contributed by atoms with Crippen molar-refractivity contribution in [1.29, 1.82) is 0 Å². The zero-order chi connectivity index (χ0) is 12.3. The Hall–Kier alpha value is -2.16. The average molecular weight is 229 g/mol. The first kappa shape index (κ1) is 11.3. The van der Waals surface area contributed by atoms with Gasteiger partial charge in [0.1, 0.15) is 0 Å². The molecule has 0 amide bonds. The van der Waals surface area contributed by atoms with Crippen molar-refractivity contribution in [3.05, 3.63) is 42.5 Å². The highest BCUT2D eigenvalue weighted by molar-refractivity contribution is 5.68. The van der Waals surface area contributed by atoms with E-state index in [9.17, 15) is 0 Å². The monoisotopic (exact) mass is 229 g/mol. The van der Waals surface area contributed by atoms with E-state index in [2.05, 4.69) is 0 Å². The first-order valence-electron chi connectivity index (χ1n) is 5.32. The van der Waals surface area contributed by atoms with E-state index in [4.69, 9.17) is 15.2 Å². The van der Waals surface area contributed by atoms with Crippen LogP contribution in [0.5, 0.6) is 11.5 Å². The predicted octanol–water partition coefficient (Wildman–Crippen LogP) is 2.95. The molecule has 0 bridgehead atoms. The highest BCUT2D eigenvalue weighted by Gasteiger charge is 2.05. The second kappa shape index (κ2) is 4.78. The van der Waals surface area contributed by atoms with E-state index in [1.807, 2.05) is 42.5 Å². The van der Waals surface area contributed by atoms with E-state index in [0.29, 0.717) is 0 Å². The Bertz CT molecular complexity index is 506. The van der Waals surface area contributed by atoms with E-state index in [1.54, 1.807) is 14.2 Å². The standard InChI is InChI=1S/C14H15NO2/c1-16-13-8-5-11(9-14(13)17-2)10-3-6-12(15)7-4-10/h3-9H,15H2,1-2H3. The predicted molar refractivity (Wildman–Crippen MR) is 69.4 cm³/mol. The lowest BCUT2D eigenvalue weighted by molar-refractivity contribution is 0.355. The molecule has 0 saturated carbocycles. The highest BCUT2D eigenvalue weighted by atomic mass is 16.5. The number of methoxy groups -OCH3 is 2. The topological polar surface area (TPSA) is 44.5 Å². The molecule has 0 heterocycles. The number of nitrogen functional groups attached to an aromatic ring is 1. The van der Waals surface area contributed by atoms with Gasteiger partial charge in [-0.15, -0.1) is 0 Å². The SMILES string of the molecule is COc1ccc(-c2ccc(N)cc2)cc1OC. The van der Waals surface area contributed by atoms with Gasteiger partial charge in [0.2, 0.25) is 0 Å². The molecule has 88 valence electrons. The summed E-state index contributed by atoms with van der Waals surface area (Å²) in [7, 11) is 3.26. The van der Waals surface area contributed by atoms with Gasteiger partial charge in [-0.1, -0.05) is 18.2 Å². The Labute approximate surface area is 101 Å². The fourth-order valence-electron chi connectivity index (χ4n) is 1.69. The molecular formula is C14H15NO2. The van der Waals surface area contributed by atoms with Crippen LogP contribution in [0.15, 0.2) is 42.5 Å². The van der Waals surface area contributed by atoms with Gasteiger partial charge in [0, 0.05) is 5.69 Å². The molecule has 0 aromatic heterocycles. The van der Waals surface area contributed by atoms with Crippen molar-refractivity contribution < 1.29 is 9.47 Å². The molecule has 17 heavy (non-hydrogen) atoms. The molecule has 0 aliphatic rings. The Morgan fingerprint density at radius 2 is 1.35 bits per heavy atom. The number of hydrogen-bond acceptors (Lipinski definition) is 3. The van der Waals surface area contributed by atoms with Crippen LogP contribution in [0.25, 0.3) is 11.1 Å². The fraction of sp³-hybridized carbons (Fsp3) is 0.143. The number of nitrogens with two attached hydrogens (primary N) is 1. The zero-order valence-corrected chi connectivity index (χ0v) is 9.94. The van der Waals surface area contributed by atoms with Gasteiger partial charge in [0.25, 0.3) is 0 Å². The summed E-state index contributed by atoms with van der Waals surface area (Å²) >= 11 is 0. The molecule has 2 aromatic carbocycles. The fourth-order valence-corrected chi connectivity index (χ4v) is 1.69. The van der Waals surface area contributed by atoms with Crippen molar-refractivity contribution in [3.8, 4) is 22.6 Å². The largest absolute Gasteiger partial charge is 0.493 e. The number of benzene rings is 2. The summed E-state index contributed by atoms with van der Waals surface area (Å²) < 4.78 is 10.5. The molecule has 0 aliphatic carbocycles. The van der Waals surface area contributed by atoms with Crippen LogP contribution < -0.4 is 15.2 Å². The van der Waals surface area contributed by atoms with Crippen LogP contribution in [0, 0.1) is 0 Å². The van der Waals surface area contributed by atoms with Crippen LogP contribution in [0.3, 0.4) is 0 Å². The van der Waals surface area contributed by atoms with Gasteiger partial charge in [-0.2, -0.15) is 0 Å². The van der Waals surface area contributed by atoms with E-state index in [0.717, 1.165) is 28.3 Å². The third-order valence-corrected chi connectivity index (χ3v) is 2.63. The van der Waals surface area contributed by atoms with Crippen molar-refractivity contribution in [2.75, 3.05) is 20.0 Å². The Morgan fingerprint density at radius 1 is 0.765 bits per heavy atom. The maximum atomic E-state index is 5.66. The van der Waals surface area contributed by atoms with Crippen LogP contribution in [0.4, 0.5) is 5.69 Å². The third kappa shape index (κ3) is 2.33. The molecule has 0 spiro atoms. The molecule has 0 aliphatic heterocycles. The summed E-state index contributed by atoms with van der Waals surface area (Å²) in [6, 6.07) is 13.6. The van der Waals surface area contributed by atoms with Gasteiger partial charge < -0.3 is 15.2 Å². The normalized spacial score (nSPS) is 10.0. The van der Waals surface area contributed by atoms with Gasteiger partial charge in [-0.25, -0.2) is 0 Å². The van der Waals surface area contributed by atoms with E-state index in [-0.39, 0.29) is 0 Å². The lowest BCUT2D eigenvalue weighted by Gasteiger charge is -2.09. The quantitative estimate of drug-likeness (QED) is 0.823. The second-order valence-corrected chi connectivity index (χ2v) is 3.69. The number of anilines is 1. The molecule has 0 unspecified atom stereocenters. The van der Waals surface area contributed by atoms with Crippen molar-refractivity contribution in [1.82, 2.24) is 0 Å². The molecule has 2 aromatic rings. The smallest absolute Gasteiger partial charge is 0.161 e. The number of rotatable bonds is 3. The van der Waals surface area contributed by atoms with Crippen LogP contribution in [-0.4, -0.2) is 14.2 Å². The van der Waals surface area contributed by atoms with Crippen molar-refractivity contribution >= 4 is 5.69 Å². The van der Waals surface area contributed by atoms with Crippen LogP contribution in [0.2, 0.25) is 0 Å². The van der Waals surface area contributed by atoms with E-state index < -0.39 is 0 Å². The van der Waals surface area contributed by atoms with Gasteiger partial charge >= 0.3 is 0 Å². The van der Waals surface area contributed by atoms with Gasteiger partial charge in [0.15, 0.2) is 11.5 Å². The molecular weight excluding hydrogens is 214 g/mol. The Balaban J connectivity index is 2.42. The summed E-state index contributed by atoms with van der Waals surface area (Å²) in [6.07, 6.45) is 0. The first-order valence-corrected chi connectivity index (χ1v) is 5.32. The summed E-state index contributed by atoms with van der Waals surface area (Å²) in [6.45, 7) is 0. The van der Waals surface area contributed by atoms with Crippen molar-refractivity contribution in [2.45, 2.75) is 0 Å².